The van der Waals surface area contributed by atoms with E-state index in [-0.39, 0.29) is 19.2 Å². The van der Waals surface area contributed by atoms with E-state index in [9.17, 15) is 9.90 Å². The number of hydrogen-bond acceptors (Lipinski definition) is 4. The molecule has 0 saturated heterocycles. The Kier molecular flexibility index (Phi) is 48.1. The molecule has 0 amide bonds. The molecule has 0 aromatic heterocycles. The molecule has 330 valence electrons. The summed E-state index contributed by atoms with van der Waals surface area (Å²) in [6.07, 6.45) is 68.4. The van der Waals surface area contributed by atoms with Crippen LogP contribution in [0.25, 0.3) is 0 Å². The summed E-state index contributed by atoms with van der Waals surface area (Å²) in [6, 6.07) is 0. The van der Waals surface area contributed by atoms with Crippen LogP contribution in [0.5, 0.6) is 0 Å². The highest BCUT2D eigenvalue weighted by Crippen LogP contribution is 2.14. The van der Waals surface area contributed by atoms with Gasteiger partial charge in [0.25, 0.3) is 0 Å². The topological polar surface area (TPSA) is 55.8 Å². The predicted molar refractivity (Wildman–Crippen MR) is 251 cm³/mol. The third-order valence-corrected chi connectivity index (χ3v) is 10.5. The van der Waals surface area contributed by atoms with Gasteiger partial charge in [0.2, 0.25) is 0 Å². The largest absolute Gasteiger partial charge is 0.457 e. The van der Waals surface area contributed by atoms with Crippen LogP contribution in [-0.2, 0) is 14.3 Å². The number of hydrogen-bond donors (Lipinski definition) is 1. The summed E-state index contributed by atoms with van der Waals surface area (Å²) in [5, 5.41) is 9.64. The Hall–Kier alpha value is -2.17. The van der Waals surface area contributed by atoms with Crippen LogP contribution in [0, 0.1) is 0 Å². The van der Waals surface area contributed by atoms with Gasteiger partial charge in [0.1, 0.15) is 6.10 Å². The van der Waals surface area contributed by atoms with Gasteiger partial charge in [-0.3, -0.25) is 4.79 Å². The van der Waals surface area contributed by atoms with Crippen LogP contribution in [0.1, 0.15) is 232 Å². The number of rotatable bonds is 45. The zero-order valence-electron chi connectivity index (χ0n) is 37.8. The number of aliphatic hydroxyl groups excluding tert-OH is 1. The van der Waals surface area contributed by atoms with Crippen molar-refractivity contribution in [1.29, 1.82) is 0 Å². The molecular formula is C53H94O4. The first-order chi connectivity index (χ1) is 28.2. The van der Waals surface area contributed by atoms with Crippen molar-refractivity contribution in [2.45, 2.75) is 238 Å². The molecule has 0 aliphatic heterocycles. The average molecular weight is 795 g/mol. The summed E-state index contributed by atoms with van der Waals surface area (Å²) in [5.74, 6) is -0.212. The molecule has 0 bridgehead atoms. The van der Waals surface area contributed by atoms with E-state index in [0.29, 0.717) is 13.0 Å². The van der Waals surface area contributed by atoms with Crippen molar-refractivity contribution in [3.8, 4) is 0 Å². The van der Waals surface area contributed by atoms with Gasteiger partial charge in [0, 0.05) is 13.0 Å². The lowest BCUT2D eigenvalue weighted by molar-refractivity contribution is -0.154. The van der Waals surface area contributed by atoms with E-state index in [1.807, 2.05) is 0 Å². The average Bonchev–Trinajstić information content (AvgIpc) is 3.22. The molecule has 0 aromatic carbocycles. The lowest BCUT2D eigenvalue weighted by Crippen LogP contribution is -2.27. The number of allylic oxidation sites excluding steroid dienone is 12. The minimum atomic E-state index is -0.545. The van der Waals surface area contributed by atoms with Crippen molar-refractivity contribution >= 4 is 5.97 Å². The SMILES string of the molecule is CC/C=C\C/C=C\C/C=C\C/C=C\C/C=C\CCCCCCCCCC(=O)OC(CO)COCCCCCCCCCCCC/C=C\CCCCCCCCCC. The molecule has 57 heavy (non-hydrogen) atoms. The van der Waals surface area contributed by atoms with Gasteiger partial charge in [0.15, 0.2) is 0 Å². The van der Waals surface area contributed by atoms with Crippen LogP contribution in [0.4, 0.5) is 0 Å². The summed E-state index contributed by atoms with van der Waals surface area (Å²) in [5.41, 5.74) is 0. The van der Waals surface area contributed by atoms with Crippen molar-refractivity contribution in [2.75, 3.05) is 19.8 Å². The second-order valence-electron chi connectivity index (χ2n) is 16.2. The van der Waals surface area contributed by atoms with E-state index in [4.69, 9.17) is 9.47 Å². The standard InChI is InChI=1S/C53H94O4/c1-3-5-7-9-11-13-15-17-19-21-23-25-27-28-30-32-34-36-38-40-42-44-46-48-53(55)57-52(50-54)51-56-49-47-45-43-41-39-37-35-33-31-29-26-24-22-20-18-16-14-12-10-8-6-4-2/h5,7,11,13,17,19,22-25,28,30,52,54H,3-4,6,8-10,12,14-16,18,20-21,26-27,29,31-51H2,1-2H3/b7-5-,13-11-,19-17-,24-22-,25-23-,30-28-. The summed E-state index contributed by atoms with van der Waals surface area (Å²) in [6.45, 7) is 5.23. The number of aliphatic hydroxyl groups is 1. The van der Waals surface area contributed by atoms with E-state index >= 15 is 0 Å². The van der Waals surface area contributed by atoms with Crippen LogP contribution in [0.3, 0.4) is 0 Å². The fourth-order valence-corrected chi connectivity index (χ4v) is 6.88. The Labute approximate surface area is 355 Å². The third-order valence-electron chi connectivity index (χ3n) is 10.5. The Morgan fingerprint density at radius 1 is 0.439 bits per heavy atom. The molecule has 0 fully saturated rings. The second-order valence-corrected chi connectivity index (χ2v) is 16.2. The van der Waals surface area contributed by atoms with E-state index in [2.05, 4.69) is 86.8 Å². The van der Waals surface area contributed by atoms with Crippen LogP contribution in [-0.4, -0.2) is 37.0 Å². The number of carbonyl (C=O) groups excluding carboxylic acids is 1. The molecule has 1 N–H and O–H groups in total. The van der Waals surface area contributed by atoms with Gasteiger partial charge in [-0.2, -0.15) is 0 Å². The summed E-state index contributed by atoms with van der Waals surface area (Å²) >= 11 is 0. The molecule has 0 heterocycles. The molecule has 1 unspecified atom stereocenters. The molecule has 0 spiro atoms. The maximum Gasteiger partial charge on any atom is 0.306 e. The second kappa shape index (κ2) is 50.0. The quantitative estimate of drug-likeness (QED) is 0.0379. The molecule has 0 aliphatic carbocycles. The number of ether oxygens (including phenoxy) is 2. The van der Waals surface area contributed by atoms with Gasteiger partial charge in [0.05, 0.1) is 13.2 Å². The highest BCUT2D eigenvalue weighted by molar-refractivity contribution is 5.69. The van der Waals surface area contributed by atoms with Gasteiger partial charge in [-0.1, -0.05) is 215 Å². The molecular weight excluding hydrogens is 701 g/mol. The van der Waals surface area contributed by atoms with Crippen molar-refractivity contribution in [3.63, 3.8) is 0 Å². The predicted octanol–water partition coefficient (Wildman–Crippen LogP) is 16.5. The minimum absolute atomic E-state index is 0.179. The normalized spacial score (nSPS) is 13.0. The van der Waals surface area contributed by atoms with Crippen molar-refractivity contribution in [2.24, 2.45) is 0 Å². The zero-order valence-corrected chi connectivity index (χ0v) is 37.8. The molecule has 0 saturated carbocycles. The Balaban J connectivity index is 3.46. The van der Waals surface area contributed by atoms with Crippen LogP contribution < -0.4 is 0 Å². The molecule has 0 radical (unpaired) electrons. The summed E-state index contributed by atoms with van der Waals surface area (Å²) in [7, 11) is 0. The van der Waals surface area contributed by atoms with E-state index in [1.54, 1.807) is 0 Å². The lowest BCUT2D eigenvalue weighted by atomic mass is 10.1. The van der Waals surface area contributed by atoms with Crippen LogP contribution >= 0.6 is 0 Å². The monoisotopic (exact) mass is 795 g/mol. The maximum atomic E-state index is 12.3. The van der Waals surface area contributed by atoms with Gasteiger partial charge in [-0.05, 0) is 83.5 Å². The number of carbonyl (C=O) groups is 1. The van der Waals surface area contributed by atoms with Gasteiger partial charge < -0.3 is 14.6 Å². The van der Waals surface area contributed by atoms with Crippen LogP contribution in [0.2, 0.25) is 0 Å². The molecule has 0 aromatic rings. The Bertz CT molecular complexity index is 973. The first-order valence-electron chi connectivity index (χ1n) is 24.5. The fourth-order valence-electron chi connectivity index (χ4n) is 6.88. The molecule has 1 atom stereocenters. The van der Waals surface area contributed by atoms with Gasteiger partial charge >= 0.3 is 5.97 Å². The van der Waals surface area contributed by atoms with Crippen molar-refractivity contribution < 1.29 is 19.4 Å². The van der Waals surface area contributed by atoms with Crippen molar-refractivity contribution in [3.05, 3.63) is 72.9 Å². The molecule has 0 rings (SSSR count). The lowest BCUT2D eigenvalue weighted by Gasteiger charge is -2.16. The third kappa shape index (κ3) is 48.1. The zero-order chi connectivity index (χ0) is 41.2. The Morgan fingerprint density at radius 3 is 1.21 bits per heavy atom. The van der Waals surface area contributed by atoms with E-state index in [0.717, 1.165) is 57.8 Å². The highest BCUT2D eigenvalue weighted by atomic mass is 16.6. The van der Waals surface area contributed by atoms with E-state index < -0.39 is 6.10 Å². The van der Waals surface area contributed by atoms with Gasteiger partial charge in [-0.25, -0.2) is 0 Å². The molecule has 0 aliphatic rings. The van der Waals surface area contributed by atoms with E-state index in [1.165, 1.54) is 154 Å². The first kappa shape index (κ1) is 54.8. The smallest absolute Gasteiger partial charge is 0.306 e. The molecule has 4 heteroatoms. The number of esters is 1. The summed E-state index contributed by atoms with van der Waals surface area (Å²) in [4.78, 5) is 12.3. The fraction of sp³-hybridized carbons (Fsp3) is 0.755. The number of unbranched alkanes of at least 4 members (excludes halogenated alkanes) is 25. The maximum absolute atomic E-state index is 12.3. The van der Waals surface area contributed by atoms with Crippen LogP contribution in [0.15, 0.2) is 72.9 Å². The summed E-state index contributed by atoms with van der Waals surface area (Å²) < 4.78 is 11.2. The van der Waals surface area contributed by atoms with Crippen molar-refractivity contribution in [1.82, 2.24) is 0 Å². The first-order valence-corrected chi connectivity index (χ1v) is 24.5. The molecule has 4 nitrogen and oxygen atoms in total. The Morgan fingerprint density at radius 2 is 0.789 bits per heavy atom. The minimum Gasteiger partial charge on any atom is -0.457 e. The highest BCUT2D eigenvalue weighted by Gasteiger charge is 2.13. The van der Waals surface area contributed by atoms with Gasteiger partial charge in [-0.15, -0.1) is 0 Å².